The number of carbonyl (C=O) groups excluding carboxylic acids is 2. The first-order valence-corrected chi connectivity index (χ1v) is 12.9. The Morgan fingerprint density at radius 1 is 1.00 bits per heavy atom. The molecular weight excluding hydrogens is 524 g/mol. The first-order chi connectivity index (χ1) is 19.7. The van der Waals surface area contributed by atoms with Gasteiger partial charge in [-0.25, -0.2) is 10.2 Å². The Morgan fingerprint density at radius 3 is 2.44 bits per heavy atom. The molecule has 0 bridgehead atoms. The molecule has 0 spiro atoms. The molecule has 10 nitrogen and oxygen atoms in total. The summed E-state index contributed by atoms with van der Waals surface area (Å²) in [6.07, 6.45) is 0.688. The summed E-state index contributed by atoms with van der Waals surface area (Å²) in [6, 6.07) is 22.9. The van der Waals surface area contributed by atoms with Gasteiger partial charge in [-0.05, 0) is 56.2 Å². The second kappa shape index (κ2) is 15.1. The maximum Gasteiger partial charge on any atom is 0.408 e. The molecule has 0 saturated heterocycles. The normalized spacial score (nSPS) is 11.8. The fourth-order valence-electron chi connectivity index (χ4n) is 3.54. The van der Waals surface area contributed by atoms with Crippen LogP contribution >= 0.6 is 0 Å². The maximum atomic E-state index is 12.9. The number of hydrogen-bond acceptors (Lipinski definition) is 8. The van der Waals surface area contributed by atoms with Gasteiger partial charge in [-0.3, -0.25) is 4.79 Å². The second-order valence-corrected chi connectivity index (χ2v) is 9.90. The first-order valence-electron chi connectivity index (χ1n) is 12.9. The third-order valence-corrected chi connectivity index (χ3v) is 5.50. The highest BCUT2D eigenvalue weighted by molar-refractivity contribution is 5.87. The zero-order chi connectivity index (χ0) is 29.7. The first kappa shape index (κ1) is 30.7. The van der Waals surface area contributed by atoms with E-state index in [1.165, 1.54) is 13.3 Å². The van der Waals surface area contributed by atoms with E-state index in [4.69, 9.17) is 18.9 Å². The largest absolute Gasteiger partial charge is 0.493 e. The lowest BCUT2D eigenvalue weighted by Crippen LogP contribution is -2.49. The van der Waals surface area contributed by atoms with Crippen LogP contribution in [0.5, 0.6) is 11.5 Å². The summed E-state index contributed by atoms with van der Waals surface area (Å²) in [7, 11) is 1.51. The number of benzene rings is 3. The van der Waals surface area contributed by atoms with Gasteiger partial charge in [0.05, 0.1) is 38.2 Å². The molecule has 0 fully saturated rings. The van der Waals surface area contributed by atoms with Crippen molar-refractivity contribution in [2.45, 2.75) is 45.6 Å². The molecule has 2 N–H and O–H groups in total. The fourth-order valence-corrected chi connectivity index (χ4v) is 3.54. The number of carbonyl (C=O) groups is 2. The topological polar surface area (TPSA) is 131 Å². The average molecular weight is 559 g/mol. The molecule has 10 heteroatoms. The Kier molecular flexibility index (Phi) is 11.3. The van der Waals surface area contributed by atoms with E-state index in [1.54, 1.807) is 51.1 Å². The van der Waals surface area contributed by atoms with E-state index in [9.17, 15) is 14.9 Å². The molecular formula is C31H34N4O6. The van der Waals surface area contributed by atoms with E-state index in [-0.39, 0.29) is 19.8 Å². The number of alkyl carbamates (subject to hydrolysis) is 1. The van der Waals surface area contributed by atoms with Crippen LogP contribution in [-0.4, -0.2) is 43.6 Å². The van der Waals surface area contributed by atoms with Gasteiger partial charge < -0.3 is 24.3 Å². The number of hydrogen-bond donors (Lipinski definition) is 2. The minimum atomic E-state index is -1.05. The quantitative estimate of drug-likeness (QED) is 0.243. The lowest BCUT2D eigenvalue weighted by atomic mass is 10.1. The van der Waals surface area contributed by atoms with Crippen molar-refractivity contribution in [1.29, 1.82) is 5.26 Å². The van der Waals surface area contributed by atoms with Gasteiger partial charge in [-0.2, -0.15) is 10.4 Å². The van der Waals surface area contributed by atoms with E-state index in [1.807, 2.05) is 42.5 Å². The van der Waals surface area contributed by atoms with Crippen LogP contribution in [0, 0.1) is 11.3 Å². The van der Waals surface area contributed by atoms with E-state index in [0.29, 0.717) is 22.6 Å². The minimum Gasteiger partial charge on any atom is -0.493 e. The number of rotatable bonds is 12. The van der Waals surface area contributed by atoms with Gasteiger partial charge in [0, 0.05) is 5.56 Å². The third-order valence-electron chi connectivity index (χ3n) is 5.50. The molecule has 0 saturated carbocycles. The van der Waals surface area contributed by atoms with Crippen LogP contribution < -0.4 is 20.2 Å². The molecule has 1 atom stereocenters. The van der Waals surface area contributed by atoms with Gasteiger partial charge in [0.15, 0.2) is 11.5 Å². The van der Waals surface area contributed by atoms with Crippen molar-refractivity contribution in [2.75, 3.05) is 13.7 Å². The molecule has 0 aromatic heterocycles. The zero-order valence-electron chi connectivity index (χ0n) is 23.5. The summed E-state index contributed by atoms with van der Waals surface area (Å²) < 4.78 is 22.3. The molecule has 0 aliphatic carbocycles. The van der Waals surface area contributed by atoms with Gasteiger partial charge >= 0.3 is 6.09 Å². The van der Waals surface area contributed by atoms with Crippen molar-refractivity contribution < 1.29 is 28.5 Å². The molecule has 0 radical (unpaired) electrons. The summed E-state index contributed by atoms with van der Waals surface area (Å²) in [5.41, 5.74) is 4.56. The molecule has 0 unspecified atom stereocenters. The monoisotopic (exact) mass is 558 g/mol. The molecule has 0 aliphatic rings. The summed E-state index contributed by atoms with van der Waals surface area (Å²) >= 11 is 0. The Labute approximate surface area is 239 Å². The molecule has 0 heterocycles. The SMILES string of the molecule is COc1cc(/C=N\NC(=O)[C@H](COCc2ccccc2)NC(=O)OC(C)(C)C)ccc1OCc1ccccc1C#N. The summed E-state index contributed by atoms with van der Waals surface area (Å²) in [6.45, 7) is 5.56. The minimum absolute atomic E-state index is 0.0930. The van der Waals surface area contributed by atoms with Crippen molar-refractivity contribution in [3.05, 3.63) is 95.1 Å². The number of nitrogens with one attached hydrogen (secondary N) is 2. The fraction of sp³-hybridized carbons (Fsp3) is 0.290. The second-order valence-electron chi connectivity index (χ2n) is 9.90. The van der Waals surface area contributed by atoms with Crippen LogP contribution in [0.15, 0.2) is 77.9 Å². The highest BCUT2D eigenvalue weighted by Gasteiger charge is 2.24. The van der Waals surface area contributed by atoms with Crippen LogP contribution in [0.2, 0.25) is 0 Å². The molecule has 0 aliphatic heterocycles. The van der Waals surface area contributed by atoms with Crippen molar-refractivity contribution in [3.63, 3.8) is 0 Å². The van der Waals surface area contributed by atoms with Gasteiger partial charge in [0.2, 0.25) is 0 Å². The summed E-state index contributed by atoms with van der Waals surface area (Å²) in [4.78, 5) is 25.2. The van der Waals surface area contributed by atoms with Gasteiger partial charge in [0.1, 0.15) is 18.2 Å². The van der Waals surface area contributed by atoms with Gasteiger partial charge in [-0.15, -0.1) is 0 Å². The molecule has 2 amide bonds. The van der Waals surface area contributed by atoms with Crippen LogP contribution in [0.3, 0.4) is 0 Å². The van der Waals surface area contributed by atoms with E-state index >= 15 is 0 Å². The predicted octanol–water partition coefficient (Wildman–Crippen LogP) is 4.71. The number of amides is 2. The standard InChI is InChI=1S/C31H34N4O6/c1-31(2,3)41-30(37)34-26(21-39-19-22-10-6-5-7-11-22)29(36)35-33-18-23-14-15-27(28(16-23)38-4)40-20-25-13-9-8-12-24(25)17-32/h5-16,18,26H,19-21H2,1-4H3,(H,34,37)(H,35,36)/b33-18-/t26-/m0/s1. The maximum absolute atomic E-state index is 12.9. The molecule has 3 aromatic carbocycles. The Bertz CT molecular complexity index is 1380. The van der Waals surface area contributed by atoms with Crippen LogP contribution in [0.1, 0.15) is 43.0 Å². The lowest BCUT2D eigenvalue weighted by molar-refractivity contribution is -0.124. The van der Waals surface area contributed by atoms with Crippen molar-refractivity contribution in [3.8, 4) is 17.6 Å². The smallest absolute Gasteiger partial charge is 0.408 e. The van der Waals surface area contributed by atoms with Crippen LogP contribution in [-0.2, 0) is 27.5 Å². The van der Waals surface area contributed by atoms with Crippen molar-refractivity contribution >= 4 is 18.2 Å². The highest BCUT2D eigenvalue weighted by Crippen LogP contribution is 2.28. The van der Waals surface area contributed by atoms with E-state index < -0.39 is 23.6 Å². The molecule has 3 aromatic rings. The van der Waals surface area contributed by atoms with Crippen LogP contribution in [0.4, 0.5) is 4.79 Å². The number of methoxy groups -OCH3 is 1. The summed E-state index contributed by atoms with van der Waals surface area (Å²) in [5.74, 6) is 0.357. The van der Waals surface area contributed by atoms with Crippen molar-refractivity contribution in [2.24, 2.45) is 5.10 Å². The Hall–Kier alpha value is -4.88. The van der Waals surface area contributed by atoms with Crippen molar-refractivity contribution in [1.82, 2.24) is 10.7 Å². The zero-order valence-corrected chi connectivity index (χ0v) is 23.5. The molecule has 3 rings (SSSR count). The average Bonchev–Trinajstić information content (AvgIpc) is 2.95. The third kappa shape index (κ3) is 10.3. The highest BCUT2D eigenvalue weighted by atomic mass is 16.6. The lowest BCUT2D eigenvalue weighted by Gasteiger charge is -2.22. The number of hydrazone groups is 1. The van der Waals surface area contributed by atoms with E-state index in [0.717, 1.165) is 11.1 Å². The number of nitrogens with zero attached hydrogens (tertiary/aromatic N) is 2. The van der Waals surface area contributed by atoms with E-state index in [2.05, 4.69) is 21.9 Å². The number of nitriles is 1. The van der Waals surface area contributed by atoms with Gasteiger partial charge in [-0.1, -0.05) is 48.5 Å². The predicted molar refractivity (Wildman–Crippen MR) is 153 cm³/mol. The van der Waals surface area contributed by atoms with Gasteiger partial charge in [0.25, 0.3) is 5.91 Å². The Morgan fingerprint density at radius 2 is 1.73 bits per heavy atom. The summed E-state index contributed by atoms with van der Waals surface area (Å²) in [5, 5.41) is 15.8. The molecule has 214 valence electrons. The Balaban J connectivity index is 1.62. The molecule has 41 heavy (non-hydrogen) atoms. The number of ether oxygens (including phenoxy) is 4. The van der Waals surface area contributed by atoms with Crippen LogP contribution in [0.25, 0.3) is 0 Å².